The molecule has 0 bridgehead atoms. The van der Waals surface area contributed by atoms with Gasteiger partial charge in [0.2, 0.25) is 5.91 Å². The molecular formula is C17H25ClN2O. The number of hydrogen-bond acceptors (Lipinski definition) is 2. The molecule has 0 radical (unpaired) electrons. The van der Waals surface area contributed by atoms with Crippen LogP contribution in [0.2, 0.25) is 5.02 Å². The molecule has 1 amide bonds. The van der Waals surface area contributed by atoms with Crippen molar-refractivity contribution in [3.8, 4) is 0 Å². The molecule has 1 aromatic carbocycles. The van der Waals surface area contributed by atoms with Crippen LogP contribution in [0.15, 0.2) is 12.1 Å². The van der Waals surface area contributed by atoms with Crippen LogP contribution in [0.1, 0.15) is 56.7 Å². The lowest BCUT2D eigenvalue weighted by atomic mass is 9.85. The van der Waals surface area contributed by atoms with Crippen molar-refractivity contribution in [3.05, 3.63) is 28.3 Å². The normalized spacial score (nSPS) is 15.2. The van der Waals surface area contributed by atoms with Gasteiger partial charge >= 0.3 is 0 Å². The van der Waals surface area contributed by atoms with E-state index in [9.17, 15) is 4.79 Å². The maximum absolute atomic E-state index is 11.5. The van der Waals surface area contributed by atoms with Crippen molar-refractivity contribution in [2.45, 2.75) is 52.0 Å². The van der Waals surface area contributed by atoms with Gasteiger partial charge in [-0.3, -0.25) is 4.79 Å². The van der Waals surface area contributed by atoms with Crippen molar-refractivity contribution in [2.24, 2.45) is 5.92 Å². The van der Waals surface area contributed by atoms with Crippen LogP contribution in [0, 0.1) is 5.92 Å². The maximum atomic E-state index is 11.5. The molecule has 1 atom stereocenters. The lowest BCUT2D eigenvalue weighted by Crippen LogP contribution is -2.25. The number of anilines is 1. The Hall–Kier alpha value is -1.06. The van der Waals surface area contributed by atoms with Gasteiger partial charge in [-0.2, -0.15) is 0 Å². The summed E-state index contributed by atoms with van der Waals surface area (Å²) >= 11 is 6.48. The largest absolute Gasteiger partial charge is 0.325 e. The Balaban J connectivity index is 2.33. The van der Waals surface area contributed by atoms with E-state index in [2.05, 4.69) is 30.5 Å². The van der Waals surface area contributed by atoms with E-state index in [0.717, 1.165) is 21.8 Å². The number of nitrogens with one attached hydrogen (secondary N) is 2. The minimum atomic E-state index is 0.0536. The van der Waals surface area contributed by atoms with Crippen LogP contribution in [-0.2, 0) is 11.2 Å². The van der Waals surface area contributed by atoms with Crippen molar-refractivity contribution in [2.75, 3.05) is 12.4 Å². The van der Waals surface area contributed by atoms with Crippen molar-refractivity contribution < 1.29 is 4.79 Å². The van der Waals surface area contributed by atoms with Crippen molar-refractivity contribution >= 4 is 23.2 Å². The van der Waals surface area contributed by atoms with Gasteiger partial charge in [0, 0.05) is 16.8 Å². The number of amides is 1. The molecule has 0 aliphatic carbocycles. The number of fused-ring (bicyclic) bond motifs is 1. The summed E-state index contributed by atoms with van der Waals surface area (Å²) in [5.74, 6) is 0.628. The van der Waals surface area contributed by atoms with E-state index < -0.39 is 0 Å². The topological polar surface area (TPSA) is 41.1 Å². The van der Waals surface area contributed by atoms with E-state index >= 15 is 0 Å². The van der Waals surface area contributed by atoms with Gasteiger partial charge in [0.15, 0.2) is 0 Å². The highest BCUT2D eigenvalue weighted by molar-refractivity contribution is 6.32. The average molecular weight is 309 g/mol. The Morgan fingerprint density at radius 2 is 1.95 bits per heavy atom. The Kier molecular flexibility index (Phi) is 5.65. The van der Waals surface area contributed by atoms with Crippen LogP contribution < -0.4 is 10.6 Å². The fourth-order valence-corrected chi connectivity index (χ4v) is 3.65. The molecule has 1 aliphatic rings. The van der Waals surface area contributed by atoms with Gasteiger partial charge in [0.25, 0.3) is 0 Å². The molecule has 0 spiro atoms. The summed E-state index contributed by atoms with van der Waals surface area (Å²) < 4.78 is 0. The highest BCUT2D eigenvalue weighted by atomic mass is 35.5. The molecule has 2 rings (SSSR count). The van der Waals surface area contributed by atoms with E-state index in [1.54, 1.807) is 0 Å². The minimum Gasteiger partial charge on any atom is -0.325 e. The van der Waals surface area contributed by atoms with Gasteiger partial charge in [-0.25, -0.2) is 0 Å². The number of carbonyl (C=O) groups excluding carboxylic acids is 1. The van der Waals surface area contributed by atoms with Crippen LogP contribution in [0.5, 0.6) is 0 Å². The predicted octanol–water partition coefficient (Wildman–Crippen LogP) is 4.31. The molecule has 1 aliphatic heterocycles. The van der Waals surface area contributed by atoms with Gasteiger partial charge in [0.05, 0.1) is 6.42 Å². The maximum Gasteiger partial charge on any atom is 0.228 e. The number of rotatable bonds is 7. The standard InChI is InChI=1S/C17H25ClN2O/c1-4-6-11(7-5-2)17(19-3)13-8-12-9-16(21)20-15(12)10-14(13)18/h8,10-11,17,19H,4-7,9H2,1-3H3,(H,20,21). The van der Waals surface area contributed by atoms with E-state index in [1.165, 1.54) is 25.7 Å². The molecule has 0 saturated carbocycles. The molecule has 4 heteroatoms. The Morgan fingerprint density at radius 3 is 2.52 bits per heavy atom. The number of benzene rings is 1. The van der Waals surface area contributed by atoms with E-state index in [0.29, 0.717) is 12.3 Å². The van der Waals surface area contributed by atoms with Crippen LogP contribution in [0.25, 0.3) is 0 Å². The Bertz CT molecular complexity index is 510. The summed E-state index contributed by atoms with van der Waals surface area (Å²) in [5.41, 5.74) is 3.05. The molecule has 1 heterocycles. The summed E-state index contributed by atoms with van der Waals surface area (Å²) in [4.78, 5) is 11.5. The van der Waals surface area contributed by atoms with Gasteiger partial charge in [-0.05, 0) is 43.0 Å². The molecule has 0 aromatic heterocycles. The third-order valence-corrected chi connectivity index (χ3v) is 4.61. The lowest BCUT2D eigenvalue weighted by Gasteiger charge is -2.28. The third kappa shape index (κ3) is 3.58. The minimum absolute atomic E-state index is 0.0536. The first-order valence-corrected chi connectivity index (χ1v) is 8.27. The van der Waals surface area contributed by atoms with E-state index in [4.69, 9.17) is 11.6 Å². The number of halogens is 1. The summed E-state index contributed by atoms with van der Waals surface area (Å²) in [5, 5.41) is 7.04. The van der Waals surface area contributed by atoms with Gasteiger partial charge in [-0.1, -0.05) is 44.4 Å². The van der Waals surface area contributed by atoms with Crippen molar-refractivity contribution in [1.29, 1.82) is 0 Å². The SMILES string of the molecule is CCCC(CCC)C(NC)c1cc2c(cc1Cl)NC(=O)C2. The highest BCUT2D eigenvalue weighted by Gasteiger charge is 2.26. The third-order valence-electron chi connectivity index (χ3n) is 4.28. The second-order valence-corrected chi connectivity index (χ2v) is 6.27. The summed E-state index contributed by atoms with van der Waals surface area (Å²) in [7, 11) is 2.00. The predicted molar refractivity (Wildman–Crippen MR) is 88.9 cm³/mol. The molecule has 2 N–H and O–H groups in total. The fourth-order valence-electron chi connectivity index (χ4n) is 3.37. The highest BCUT2D eigenvalue weighted by Crippen LogP contribution is 2.37. The molecule has 1 aromatic rings. The molecule has 0 fully saturated rings. The quantitative estimate of drug-likeness (QED) is 0.788. The summed E-state index contributed by atoms with van der Waals surface area (Å²) in [6.45, 7) is 4.45. The molecule has 21 heavy (non-hydrogen) atoms. The second-order valence-electron chi connectivity index (χ2n) is 5.86. The molecule has 116 valence electrons. The number of hydrogen-bond donors (Lipinski definition) is 2. The monoisotopic (exact) mass is 308 g/mol. The molecular weight excluding hydrogens is 284 g/mol. The molecule has 1 unspecified atom stereocenters. The van der Waals surface area contributed by atoms with Crippen molar-refractivity contribution in [1.82, 2.24) is 5.32 Å². The zero-order valence-corrected chi connectivity index (χ0v) is 13.9. The number of carbonyl (C=O) groups is 1. The fraction of sp³-hybridized carbons (Fsp3) is 0.588. The summed E-state index contributed by atoms with van der Waals surface area (Å²) in [6.07, 6.45) is 5.17. The van der Waals surface area contributed by atoms with Crippen LogP contribution in [-0.4, -0.2) is 13.0 Å². The van der Waals surface area contributed by atoms with Crippen LogP contribution >= 0.6 is 11.6 Å². The molecule has 0 saturated heterocycles. The zero-order chi connectivity index (χ0) is 15.4. The van der Waals surface area contributed by atoms with E-state index in [1.807, 2.05) is 13.1 Å². The van der Waals surface area contributed by atoms with Gasteiger partial charge in [0.1, 0.15) is 0 Å². The first-order valence-electron chi connectivity index (χ1n) is 7.90. The summed E-state index contributed by atoms with van der Waals surface area (Å²) in [6, 6.07) is 4.25. The Morgan fingerprint density at radius 1 is 1.29 bits per heavy atom. The molecule has 3 nitrogen and oxygen atoms in total. The van der Waals surface area contributed by atoms with Crippen LogP contribution in [0.3, 0.4) is 0 Å². The van der Waals surface area contributed by atoms with E-state index in [-0.39, 0.29) is 11.9 Å². The van der Waals surface area contributed by atoms with Crippen LogP contribution in [0.4, 0.5) is 5.69 Å². The van der Waals surface area contributed by atoms with Crippen molar-refractivity contribution in [3.63, 3.8) is 0 Å². The average Bonchev–Trinajstić information content (AvgIpc) is 2.79. The first-order chi connectivity index (χ1) is 10.1. The second kappa shape index (κ2) is 7.28. The first kappa shape index (κ1) is 16.3. The van der Waals surface area contributed by atoms with Gasteiger partial charge < -0.3 is 10.6 Å². The Labute approximate surface area is 132 Å². The smallest absolute Gasteiger partial charge is 0.228 e. The lowest BCUT2D eigenvalue weighted by molar-refractivity contribution is -0.115. The van der Waals surface area contributed by atoms with Gasteiger partial charge in [-0.15, -0.1) is 0 Å². The zero-order valence-electron chi connectivity index (χ0n) is 13.1.